The van der Waals surface area contributed by atoms with E-state index in [0.29, 0.717) is 24.9 Å². The minimum atomic E-state index is -5.08. The molecule has 2 N–H and O–H groups in total. The molecular formula is C20H23F6N5O6S. The average molecular weight is 575 g/mol. The van der Waals surface area contributed by atoms with Crippen molar-refractivity contribution >= 4 is 22.0 Å². The molecule has 0 bridgehead atoms. The smallest absolute Gasteiger partial charge is 0.475 e. The number of likely N-dealkylation sites (tertiary alicyclic amines) is 1. The molecule has 0 saturated carbocycles. The number of sulfonamides is 1. The Morgan fingerprint density at radius 3 is 1.82 bits per heavy atom. The standard InChI is InChI=1S/C16H21N5O2S.2C2HF3O2/c1-19-11-16(18-12-19)24(22,23)21-8-13-6-20(7-14(13)9-21)10-15-4-2-3-5-17-15;2*3-2(4,5)1(6)7/h2-5,11-14H,6-10H2,1H3;2*(H,6,7)/t13-,14+;;. The van der Waals surface area contributed by atoms with Gasteiger partial charge in [-0.3, -0.25) is 9.88 Å². The van der Waals surface area contributed by atoms with E-state index >= 15 is 0 Å². The van der Waals surface area contributed by atoms with Gasteiger partial charge < -0.3 is 14.8 Å². The lowest BCUT2D eigenvalue weighted by Gasteiger charge is -2.20. The van der Waals surface area contributed by atoms with Crippen LogP contribution >= 0.6 is 0 Å². The van der Waals surface area contributed by atoms with Crippen molar-refractivity contribution in [3.8, 4) is 0 Å². The lowest BCUT2D eigenvalue weighted by Crippen LogP contribution is -2.33. The van der Waals surface area contributed by atoms with E-state index in [9.17, 15) is 34.8 Å². The van der Waals surface area contributed by atoms with Crippen LogP contribution in [0.5, 0.6) is 0 Å². The first-order chi connectivity index (χ1) is 17.4. The first kappa shape index (κ1) is 31.0. The number of aliphatic carboxylic acids is 2. The Morgan fingerprint density at radius 1 is 0.947 bits per heavy atom. The molecule has 2 fully saturated rings. The van der Waals surface area contributed by atoms with Gasteiger partial charge in [-0.1, -0.05) is 6.07 Å². The minimum Gasteiger partial charge on any atom is -0.475 e. The van der Waals surface area contributed by atoms with Crippen LogP contribution in [0.3, 0.4) is 0 Å². The number of aromatic nitrogens is 3. The van der Waals surface area contributed by atoms with Gasteiger partial charge >= 0.3 is 24.3 Å². The topological polar surface area (TPSA) is 146 Å². The third-order valence-electron chi connectivity index (χ3n) is 5.41. The van der Waals surface area contributed by atoms with Crippen molar-refractivity contribution in [1.29, 1.82) is 0 Å². The maximum atomic E-state index is 12.7. The number of carboxylic acid groups (broad SMARTS) is 2. The summed E-state index contributed by atoms with van der Waals surface area (Å²) >= 11 is 0. The number of alkyl halides is 6. The van der Waals surface area contributed by atoms with Gasteiger partial charge in [-0.15, -0.1) is 0 Å². The number of hydrogen-bond acceptors (Lipinski definition) is 7. The number of halogens is 6. The second-order valence-corrected chi connectivity index (χ2v) is 10.2. The van der Waals surface area contributed by atoms with Crippen molar-refractivity contribution in [1.82, 2.24) is 23.7 Å². The van der Waals surface area contributed by atoms with Crippen LogP contribution in [0, 0.1) is 11.8 Å². The molecule has 2 atom stereocenters. The van der Waals surface area contributed by atoms with Gasteiger partial charge in [0.15, 0.2) is 5.03 Å². The highest BCUT2D eigenvalue weighted by atomic mass is 32.2. The molecule has 0 aliphatic carbocycles. The third-order valence-corrected chi connectivity index (χ3v) is 7.13. The Kier molecular flexibility index (Phi) is 9.84. The quantitative estimate of drug-likeness (QED) is 0.522. The van der Waals surface area contributed by atoms with Gasteiger partial charge in [0.2, 0.25) is 0 Å². The molecule has 2 aliphatic heterocycles. The third kappa shape index (κ3) is 8.66. The highest BCUT2D eigenvalue weighted by Gasteiger charge is 2.44. The van der Waals surface area contributed by atoms with E-state index in [2.05, 4.69) is 14.9 Å². The van der Waals surface area contributed by atoms with Crippen LogP contribution < -0.4 is 0 Å². The van der Waals surface area contributed by atoms with E-state index in [1.807, 2.05) is 24.4 Å². The van der Waals surface area contributed by atoms with Crippen LogP contribution in [0.1, 0.15) is 5.69 Å². The lowest BCUT2D eigenvalue weighted by atomic mass is 10.0. The van der Waals surface area contributed by atoms with Gasteiger partial charge in [0.25, 0.3) is 10.0 Å². The summed E-state index contributed by atoms with van der Waals surface area (Å²) in [7, 11) is -1.69. The van der Waals surface area contributed by atoms with Crippen LogP contribution in [-0.2, 0) is 33.2 Å². The van der Waals surface area contributed by atoms with Crippen LogP contribution in [-0.4, -0.2) is 92.8 Å². The van der Waals surface area contributed by atoms with Crippen molar-refractivity contribution < 1.29 is 54.6 Å². The summed E-state index contributed by atoms with van der Waals surface area (Å²) in [6.45, 7) is 3.86. The Morgan fingerprint density at radius 2 is 1.45 bits per heavy atom. The minimum absolute atomic E-state index is 0.148. The number of pyridine rings is 1. The Hall–Kier alpha value is -3.25. The van der Waals surface area contributed by atoms with E-state index in [0.717, 1.165) is 25.3 Å². The summed E-state index contributed by atoms with van der Waals surface area (Å²) in [6, 6.07) is 5.95. The Bertz CT molecular complexity index is 1170. The van der Waals surface area contributed by atoms with Crippen molar-refractivity contribution in [3.63, 3.8) is 0 Å². The zero-order valence-electron chi connectivity index (χ0n) is 19.6. The van der Waals surface area contributed by atoms with Crippen molar-refractivity contribution in [3.05, 3.63) is 42.6 Å². The zero-order valence-corrected chi connectivity index (χ0v) is 20.4. The van der Waals surface area contributed by atoms with E-state index in [1.165, 1.54) is 6.33 Å². The first-order valence-corrected chi connectivity index (χ1v) is 12.1. The fourth-order valence-corrected chi connectivity index (χ4v) is 5.27. The molecule has 0 amide bonds. The van der Waals surface area contributed by atoms with Crippen LogP contribution in [0.25, 0.3) is 0 Å². The summed E-state index contributed by atoms with van der Waals surface area (Å²) in [5.74, 6) is -4.72. The molecule has 0 unspecified atom stereocenters. The molecule has 38 heavy (non-hydrogen) atoms. The van der Waals surface area contributed by atoms with E-state index < -0.39 is 34.3 Å². The van der Waals surface area contributed by atoms with Crippen molar-refractivity contribution in [2.45, 2.75) is 23.9 Å². The predicted molar refractivity (Wildman–Crippen MR) is 116 cm³/mol. The van der Waals surface area contributed by atoms with Crippen LogP contribution in [0.4, 0.5) is 26.3 Å². The number of aryl methyl sites for hydroxylation is 1. The van der Waals surface area contributed by atoms with Gasteiger partial charge in [-0.25, -0.2) is 23.0 Å². The number of imidazole rings is 1. The van der Waals surface area contributed by atoms with E-state index in [-0.39, 0.29) is 5.03 Å². The summed E-state index contributed by atoms with van der Waals surface area (Å²) in [4.78, 5) is 28.6. The number of carboxylic acids is 2. The Balaban J connectivity index is 0.000000301. The summed E-state index contributed by atoms with van der Waals surface area (Å²) in [5.41, 5.74) is 1.07. The molecule has 11 nitrogen and oxygen atoms in total. The fraction of sp³-hybridized carbons (Fsp3) is 0.500. The van der Waals surface area contributed by atoms with E-state index in [4.69, 9.17) is 19.8 Å². The van der Waals surface area contributed by atoms with Gasteiger partial charge in [-0.05, 0) is 24.0 Å². The number of fused-ring (bicyclic) bond motifs is 1. The van der Waals surface area contributed by atoms with Crippen molar-refractivity contribution in [2.75, 3.05) is 26.2 Å². The molecule has 2 saturated heterocycles. The molecule has 2 aliphatic rings. The van der Waals surface area contributed by atoms with Crippen molar-refractivity contribution in [2.24, 2.45) is 18.9 Å². The van der Waals surface area contributed by atoms with Crippen LogP contribution in [0.2, 0.25) is 0 Å². The molecule has 0 spiro atoms. The monoisotopic (exact) mass is 575 g/mol. The summed E-state index contributed by atoms with van der Waals surface area (Å²) < 4.78 is 92.1. The molecule has 0 aromatic carbocycles. The molecule has 18 heteroatoms. The highest BCUT2D eigenvalue weighted by Crippen LogP contribution is 2.34. The first-order valence-electron chi connectivity index (χ1n) is 10.6. The maximum absolute atomic E-state index is 12.7. The second kappa shape index (κ2) is 12.1. The van der Waals surface area contributed by atoms with Gasteiger partial charge in [0, 0.05) is 52.2 Å². The molecule has 2 aromatic heterocycles. The zero-order chi connectivity index (χ0) is 28.9. The molecular weight excluding hydrogens is 552 g/mol. The molecule has 4 rings (SSSR count). The number of carbonyl (C=O) groups is 2. The molecule has 4 heterocycles. The second-order valence-electron chi connectivity index (χ2n) is 8.34. The normalized spacial score (nSPS) is 20.1. The fourth-order valence-electron chi connectivity index (χ4n) is 3.75. The molecule has 2 aromatic rings. The number of rotatable bonds is 4. The number of hydrogen-bond donors (Lipinski definition) is 2. The summed E-state index contributed by atoms with van der Waals surface area (Å²) in [5, 5.41) is 14.4. The summed E-state index contributed by atoms with van der Waals surface area (Å²) in [6.07, 6.45) is -5.26. The van der Waals surface area contributed by atoms with Crippen LogP contribution in [0.15, 0.2) is 41.9 Å². The highest BCUT2D eigenvalue weighted by molar-refractivity contribution is 7.89. The van der Waals surface area contributed by atoms with E-state index in [1.54, 1.807) is 22.1 Å². The lowest BCUT2D eigenvalue weighted by molar-refractivity contribution is -0.193. The van der Waals surface area contributed by atoms with Gasteiger partial charge in [0.05, 0.1) is 12.0 Å². The molecule has 212 valence electrons. The molecule has 0 radical (unpaired) electrons. The number of nitrogens with zero attached hydrogens (tertiary/aromatic N) is 5. The SMILES string of the molecule is Cn1cnc(S(=O)(=O)N2C[C@H]3CN(Cc4ccccn4)C[C@H]3C2)c1.O=C(O)C(F)(F)F.O=C(O)C(F)(F)F. The van der Waals surface area contributed by atoms with Gasteiger partial charge in [-0.2, -0.15) is 30.6 Å². The Labute approximate surface area is 212 Å². The largest absolute Gasteiger partial charge is 0.490 e. The maximum Gasteiger partial charge on any atom is 0.490 e. The average Bonchev–Trinajstić information content (AvgIpc) is 3.49. The predicted octanol–water partition coefficient (Wildman–Crippen LogP) is 1.83. The van der Waals surface area contributed by atoms with Gasteiger partial charge in [0.1, 0.15) is 0 Å².